The van der Waals surface area contributed by atoms with E-state index in [0.717, 1.165) is 21.3 Å². The van der Waals surface area contributed by atoms with Crippen LogP contribution in [0.1, 0.15) is 29.8 Å². The van der Waals surface area contributed by atoms with E-state index in [1.165, 1.54) is 4.80 Å². The molecule has 3 aromatic rings. The second-order valence-electron chi connectivity index (χ2n) is 5.46. The molecule has 0 radical (unpaired) electrons. The molecule has 0 aliphatic carbocycles. The lowest BCUT2D eigenvalue weighted by atomic mass is 10.1. The highest BCUT2D eigenvalue weighted by atomic mass is 79.9. The number of tetrazole rings is 1. The van der Waals surface area contributed by atoms with Crippen molar-refractivity contribution < 1.29 is 9.53 Å². The van der Waals surface area contributed by atoms with Gasteiger partial charge < -0.3 is 4.74 Å². The van der Waals surface area contributed by atoms with Crippen LogP contribution in [0.15, 0.2) is 46.9 Å². The number of ketones is 1. The molecule has 128 valence electrons. The van der Waals surface area contributed by atoms with Crippen LogP contribution in [0.5, 0.6) is 5.75 Å². The summed E-state index contributed by atoms with van der Waals surface area (Å²) in [7, 11) is 0. The maximum atomic E-state index is 11.6. The average molecular weight is 401 g/mol. The quantitative estimate of drug-likeness (QED) is 0.589. The Morgan fingerprint density at radius 1 is 1.20 bits per heavy atom. The summed E-state index contributed by atoms with van der Waals surface area (Å²) in [6.45, 7) is 4.38. The number of hydrogen-bond donors (Lipinski definition) is 0. The molecule has 7 heteroatoms. The van der Waals surface area contributed by atoms with Crippen LogP contribution in [0.3, 0.4) is 0 Å². The first-order valence-corrected chi connectivity index (χ1v) is 8.66. The van der Waals surface area contributed by atoms with Crippen LogP contribution in [0.2, 0.25) is 0 Å². The van der Waals surface area contributed by atoms with Crippen LogP contribution >= 0.6 is 15.9 Å². The molecular formula is C18H17BrN4O2. The van der Waals surface area contributed by atoms with Gasteiger partial charge in [0.05, 0.1) is 13.2 Å². The van der Waals surface area contributed by atoms with Gasteiger partial charge in [0.2, 0.25) is 5.82 Å². The monoisotopic (exact) mass is 400 g/mol. The number of ether oxygens (including phenoxy) is 1. The van der Waals surface area contributed by atoms with Gasteiger partial charge in [-0.05, 0) is 61.5 Å². The van der Waals surface area contributed by atoms with Crippen molar-refractivity contribution in [1.82, 2.24) is 20.2 Å². The van der Waals surface area contributed by atoms with Crippen LogP contribution in [0, 0.1) is 0 Å². The van der Waals surface area contributed by atoms with Crippen LogP contribution in [0.25, 0.3) is 11.4 Å². The maximum absolute atomic E-state index is 11.6. The maximum Gasteiger partial charge on any atom is 0.204 e. The fourth-order valence-corrected chi connectivity index (χ4v) is 2.66. The molecule has 0 bridgehead atoms. The lowest BCUT2D eigenvalue weighted by molar-refractivity contribution is 0.101. The topological polar surface area (TPSA) is 69.9 Å². The van der Waals surface area contributed by atoms with Gasteiger partial charge in [-0.15, -0.1) is 10.2 Å². The first-order chi connectivity index (χ1) is 12.1. The van der Waals surface area contributed by atoms with Crippen LogP contribution in [-0.4, -0.2) is 32.6 Å². The predicted molar refractivity (Wildman–Crippen MR) is 97.7 cm³/mol. The van der Waals surface area contributed by atoms with Crippen LogP contribution in [-0.2, 0) is 6.54 Å². The lowest BCUT2D eigenvalue weighted by Crippen LogP contribution is -2.08. The number of rotatable bonds is 6. The smallest absolute Gasteiger partial charge is 0.204 e. The Hall–Kier alpha value is -2.54. The average Bonchev–Trinajstić information content (AvgIpc) is 3.05. The highest BCUT2D eigenvalue weighted by Gasteiger charge is 2.11. The highest BCUT2D eigenvalue weighted by Crippen LogP contribution is 2.22. The summed E-state index contributed by atoms with van der Waals surface area (Å²) in [6.07, 6.45) is 0. The zero-order chi connectivity index (χ0) is 17.8. The van der Waals surface area contributed by atoms with Gasteiger partial charge >= 0.3 is 0 Å². The van der Waals surface area contributed by atoms with E-state index in [2.05, 4.69) is 31.3 Å². The minimum Gasteiger partial charge on any atom is -0.494 e. The number of carbonyl (C=O) groups excluding carboxylic acids is 1. The number of halogens is 1. The minimum absolute atomic E-state index is 0.00593. The summed E-state index contributed by atoms with van der Waals surface area (Å²) in [4.78, 5) is 13.1. The van der Waals surface area contributed by atoms with E-state index in [4.69, 9.17) is 4.74 Å². The predicted octanol–water partition coefficient (Wildman–Crippen LogP) is 3.75. The Morgan fingerprint density at radius 3 is 2.64 bits per heavy atom. The van der Waals surface area contributed by atoms with Crippen molar-refractivity contribution in [3.8, 4) is 17.1 Å². The van der Waals surface area contributed by atoms with E-state index in [-0.39, 0.29) is 5.78 Å². The van der Waals surface area contributed by atoms with E-state index in [1.54, 1.807) is 13.0 Å². The minimum atomic E-state index is 0.00593. The fourth-order valence-electron chi connectivity index (χ4n) is 2.40. The van der Waals surface area contributed by atoms with Crippen molar-refractivity contribution >= 4 is 21.7 Å². The van der Waals surface area contributed by atoms with E-state index >= 15 is 0 Å². The zero-order valence-corrected chi connectivity index (χ0v) is 15.5. The van der Waals surface area contributed by atoms with Crippen LogP contribution in [0.4, 0.5) is 0 Å². The summed E-state index contributed by atoms with van der Waals surface area (Å²) < 4.78 is 6.63. The molecule has 0 amide bonds. The zero-order valence-electron chi connectivity index (χ0n) is 13.9. The fraction of sp³-hybridized carbons (Fsp3) is 0.222. The van der Waals surface area contributed by atoms with E-state index in [1.807, 2.05) is 43.3 Å². The molecular weight excluding hydrogens is 384 g/mol. The number of hydrogen-bond acceptors (Lipinski definition) is 5. The third-order valence-electron chi connectivity index (χ3n) is 3.63. The van der Waals surface area contributed by atoms with Crippen molar-refractivity contribution in [2.24, 2.45) is 0 Å². The summed E-state index contributed by atoms with van der Waals surface area (Å²) in [5, 5.41) is 12.6. The number of aromatic nitrogens is 4. The van der Waals surface area contributed by atoms with E-state index in [0.29, 0.717) is 24.5 Å². The van der Waals surface area contributed by atoms with Gasteiger partial charge in [0, 0.05) is 21.2 Å². The third kappa shape index (κ3) is 4.11. The molecule has 6 nitrogen and oxygen atoms in total. The highest BCUT2D eigenvalue weighted by molar-refractivity contribution is 9.10. The molecule has 0 aliphatic rings. The van der Waals surface area contributed by atoms with Crippen molar-refractivity contribution in [1.29, 1.82) is 0 Å². The first kappa shape index (κ1) is 17.3. The number of nitrogens with zero attached hydrogens (tertiary/aromatic N) is 4. The van der Waals surface area contributed by atoms with Gasteiger partial charge in [0.1, 0.15) is 5.75 Å². The number of carbonyl (C=O) groups is 1. The standard InChI is InChI=1S/C18H17BrN4O2/c1-3-25-17-9-6-14(12(2)24)10-15(17)11-23-21-18(20-22-23)13-4-7-16(19)8-5-13/h4-10H,3,11H2,1-2H3. The molecule has 1 heterocycles. The van der Waals surface area contributed by atoms with Gasteiger partial charge in [-0.1, -0.05) is 15.9 Å². The second kappa shape index (κ2) is 7.57. The Balaban J connectivity index is 1.88. The Bertz CT molecular complexity index is 890. The summed E-state index contributed by atoms with van der Waals surface area (Å²) >= 11 is 3.41. The SMILES string of the molecule is CCOc1ccc(C(C)=O)cc1Cn1nnc(-c2ccc(Br)cc2)n1. The Labute approximate surface area is 153 Å². The largest absolute Gasteiger partial charge is 0.494 e. The second-order valence-corrected chi connectivity index (χ2v) is 6.38. The van der Waals surface area contributed by atoms with Gasteiger partial charge in [-0.2, -0.15) is 4.80 Å². The molecule has 0 N–H and O–H groups in total. The molecule has 2 aromatic carbocycles. The molecule has 0 atom stereocenters. The van der Waals surface area contributed by atoms with Crippen molar-refractivity contribution in [2.45, 2.75) is 20.4 Å². The lowest BCUT2D eigenvalue weighted by Gasteiger charge is -2.10. The normalized spacial score (nSPS) is 10.7. The summed E-state index contributed by atoms with van der Waals surface area (Å²) in [5.74, 6) is 1.27. The van der Waals surface area contributed by atoms with E-state index < -0.39 is 0 Å². The molecule has 1 aromatic heterocycles. The third-order valence-corrected chi connectivity index (χ3v) is 4.16. The molecule has 0 spiro atoms. The molecule has 0 fully saturated rings. The van der Waals surface area contributed by atoms with Gasteiger partial charge in [-0.25, -0.2) is 0 Å². The van der Waals surface area contributed by atoms with Gasteiger partial charge in [0.25, 0.3) is 0 Å². The molecule has 25 heavy (non-hydrogen) atoms. The van der Waals surface area contributed by atoms with Crippen LogP contribution < -0.4 is 4.74 Å². The number of benzene rings is 2. The molecule has 0 aliphatic heterocycles. The molecule has 0 unspecified atom stereocenters. The Kier molecular flexibility index (Phi) is 5.23. The first-order valence-electron chi connectivity index (χ1n) is 7.87. The molecule has 3 rings (SSSR count). The van der Waals surface area contributed by atoms with Crippen molar-refractivity contribution in [2.75, 3.05) is 6.61 Å². The molecule has 0 saturated carbocycles. The van der Waals surface area contributed by atoms with E-state index in [9.17, 15) is 4.79 Å². The number of Topliss-reactive ketones (excluding diaryl/α,β-unsaturated/α-hetero) is 1. The van der Waals surface area contributed by atoms with Gasteiger partial charge in [0.15, 0.2) is 5.78 Å². The van der Waals surface area contributed by atoms with Crippen molar-refractivity contribution in [3.63, 3.8) is 0 Å². The summed E-state index contributed by atoms with van der Waals surface area (Å²) in [6, 6.07) is 13.1. The summed E-state index contributed by atoms with van der Waals surface area (Å²) in [5.41, 5.74) is 2.36. The Morgan fingerprint density at radius 2 is 1.96 bits per heavy atom. The van der Waals surface area contributed by atoms with Gasteiger partial charge in [-0.3, -0.25) is 4.79 Å². The molecule has 0 saturated heterocycles. The van der Waals surface area contributed by atoms with Crippen molar-refractivity contribution in [3.05, 3.63) is 58.1 Å².